The summed E-state index contributed by atoms with van der Waals surface area (Å²) >= 11 is 0. The second-order valence-electron chi connectivity index (χ2n) is 26.5. The van der Waals surface area contributed by atoms with Gasteiger partial charge in [0.1, 0.15) is 19.3 Å². The summed E-state index contributed by atoms with van der Waals surface area (Å²) < 4.78 is 68.3. The smallest absolute Gasteiger partial charge is 0.462 e. The van der Waals surface area contributed by atoms with Crippen LogP contribution in [0.2, 0.25) is 0 Å². The first-order valence-corrected chi connectivity index (χ1v) is 40.6. The van der Waals surface area contributed by atoms with Crippen LogP contribution in [0, 0.1) is 5.92 Å². The number of phosphoric acid groups is 2. The summed E-state index contributed by atoms with van der Waals surface area (Å²) in [5.74, 6) is -1.33. The van der Waals surface area contributed by atoms with Gasteiger partial charge in [-0.05, 0) is 31.6 Å². The molecule has 0 spiro atoms. The first-order valence-electron chi connectivity index (χ1n) is 37.6. The fraction of sp³-hybridized carbons (Fsp3) is 0.944. The molecule has 0 rings (SSSR count). The van der Waals surface area contributed by atoms with Crippen LogP contribution in [-0.2, 0) is 65.4 Å². The minimum absolute atomic E-state index is 0.107. The lowest BCUT2D eigenvalue weighted by molar-refractivity contribution is -0.161. The molecule has 19 heteroatoms. The fourth-order valence-electron chi connectivity index (χ4n) is 11.0. The van der Waals surface area contributed by atoms with Crippen molar-refractivity contribution in [3.63, 3.8) is 0 Å². The van der Waals surface area contributed by atoms with Gasteiger partial charge in [0.2, 0.25) is 0 Å². The quantitative estimate of drug-likeness (QED) is 0.0222. The summed E-state index contributed by atoms with van der Waals surface area (Å²) in [5.41, 5.74) is 0. The number of phosphoric ester groups is 2. The maximum absolute atomic E-state index is 13.0. The van der Waals surface area contributed by atoms with Gasteiger partial charge in [0, 0.05) is 25.7 Å². The molecule has 17 nitrogen and oxygen atoms in total. The molecule has 0 saturated heterocycles. The zero-order valence-corrected chi connectivity index (χ0v) is 60.8. The molecule has 91 heavy (non-hydrogen) atoms. The van der Waals surface area contributed by atoms with Crippen molar-refractivity contribution in [1.29, 1.82) is 0 Å². The predicted octanol–water partition coefficient (Wildman–Crippen LogP) is 20.9. The van der Waals surface area contributed by atoms with E-state index in [0.717, 1.165) is 109 Å². The molecule has 0 saturated carbocycles. The van der Waals surface area contributed by atoms with E-state index >= 15 is 0 Å². The Morgan fingerprint density at radius 3 is 0.747 bits per heavy atom. The van der Waals surface area contributed by atoms with Crippen LogP contribution in [0.5, 0.6) is 0 Å². The number of carbonyl (C=O) groups is 4. The number of hydrogen-bond acceptors (Lipinski definition) is 15. The third-order valence-electron chi connectivity index (χ3n) is 16.8. The lowest BCUT2D eigenvalue weighted by Gasteiger charge is -2.21. The lowest BCUT2D eigenvalue weighted by Crippen LogP contribution is -2.30. The largest absolute Gasteiger partial charge is 0.472 e. The number of unbranched alkanes of at least 4 members (excludes halogenated alkanes) is 44. The van der Waals surface area contributed by atoms with Crippen molar-refractivity contribution in [3.05, 3.63) is 0 Å². The van der Waals surface area contributed by atoms with Gasteiger partial charge in [-0.3, -0.25) is 37.3 Å². The van der Waals surface area contributed by atoms with Crippen LogP contribution in [-0.4, -0.2) is 96.7 Å². The van der Waals surface area contributed by atoms with Crippen molar-refractivity contribution < 1.29 is 80.2 Å². The summed E-state index contributed by atoms with van der Waals surface area (Å²) in [4.78, 5) is 72.5. The lowest BCUT2D eigenvalue weighted by atomic mass is 10.0. The molecule has 0 aliphatic heterocycles. The Bertz CT molecular complexity index is 1750. The number of aliphatic hydroxyl groups excluding tert-OH is 1. The normalized spacial score (nSPS) is 14.0. The zero-order valence-electron chi connectivity index (χ0n) is 59.0. The topological polar surface area (TPSA) is 237 Å². The molecule has 0 fully saturated rings. The van der Waals surface area contributed by atoms with E-state index < -0.39 is 97.5 Å². The summed E-state index contributed by atoms with van der Waals surface area (Å²) in [6, 6.07) is 0. The zero-order chi connectivity index (χ0) is 67.0. The molecule has 0 aliphatic carbocycles. The average Bonchev–Trinajstić information content (AvgIpc) is 3.69. The SMILES string of the molecule is CCCCCCCCCCCCCCCCCCCC(=O)O[C@H](COC(=O)CCCCCCCCCCCCCCCC(C)C)COP(=O)(O)OC[C@@H](O)COP(=O)(O)OC[C@@H](COC(=O)CCCCCCCCC)OC(=O)CCCCCCCCCCCCC. The van der Waals surface area contributed by atoms with Gasteiger partial charge in [-0.15, -0.1) is 0 Å². The van der Waals surface area contributed by atoms with Crippen LogP contribution < -0.4 is 0 Å². The van der Waals surface area contributed by atoms with Crippen LogP contribution in [0.4, 0.5) is 0 Å². The maximum atomic E-state index is 13.0. The van der Waals surface area contributed by atoms with E-state index in [1.54, 1.807) is 0 Å². The van der Waals surface area contributed by atoms with Gasteiger partial charge >= 0.3 is 39.5 Å². The predicted molar refractivity (Wildman–Crippen MR) is 368 cm³/mol. The number of carbonyl (C=O) groups excluding carboxylic acids is 4. The summed E-state index contributed by atoms with van der Waals surface area (Å²) in [7, 11) is -9.90. The molecule has 0 heterocycles. The van der Waals surface area contributed by atoms with Gasteiger partial charge in [0.15, 0.2) is 12.2 Å². The molecule has 0 aromatic heterocycles. The highest BCUT2D eigenvalue weighted by molar-refractivity contribution is 7.47. The Hall–Kier alpha value is -1.94. The number of esters is 4. The molecule has 5 atom stereocenters. The van der Waals surface area contributed by atoms with Crippen LogP contribution in [0.1, 0.15) is 375 Å². The first kappa shape index (κ1) is 89.1. The van der Waals surface area contributed by atoms with E-state index in [9.17, 15) is 43.2 Å². The molecule has 2 unspecified atom stereocenters. The fourth-order valence-corrected chi connectivity index (χ4v) is 12.6. The molecule has 0 aromatic carbocycles. The van der Waals surface area contributed by atoms with Crippen LogP contribution in [0.25, 0.3) is 0 Å². The van der Waals surface area contributed by atoms with Crippen LogP contribution >= 0.6 is 15.6 Å². The Kier molecular flexibility index (Phi) is 64.0. The Labute approximate surface area is 556 Å². The molecular weight excluding hydrogens is 1200 g/mol. The molecule has 0 aromatic rings. The first-order chi connectivity index (χ1) is 44.0. The van der Waals surface area contributed by atoms with E-state index in [2.05, 4.69) is 34.6 Å². The highest BCUT2D eigenvalue weighted by atomic mass is 31.2. The van der Waals surface area contributed by atoms with Crippen molar-refractivity contribution in [1.82, 2.24) is 0 Å². The van der Waals surface area contributed by atoms with Gasteiger partial charge in [-0.2, -0.15) is 0 Å². The number of rotatable bonds is 72. The number of aliphatic hydroxyl groups is 1. The van der Waals surface area contributed by atoms with Gasteiger partial charge in [0.05, 0.1) is 26.4 Å². The Morgan fingerprint density at radius 2 is 0.505 bits per heavy atom. The van der Waals surface area contributed by atoms with E-state index in [-0.39, 0.29) is 25.7 Å². The summed E-state index contributed by atoms with van der Waals surface area (Å²) in [6.45, 7) is 7.24. The van der Waals surface area contributed by atoms with E-state index in [0.29, 0.717) is 25.7 Å². The van der Waals surface area contributed by atoms with Gasteiger partial charge in [0.25, 0.3) is 0 Å². The average molecular weight is 1340 g/mol. The monoisotopic (exact) mass is 1340 g/mol. The van der Waals surface area contributed by atoms with Crippen molar-refractivity contribution in [2.45, 2.75) is 393 Å². The number of ether oxygens (including phenoxy) is 4. The molecule has 540 valence electrons. The Balaban J connectivity index is 5.19. The highest BCUT2D eigenvalue weighted by Gasteiger charge is 2.30. The van der Waals surface area contributed by atoms with Crippen LogP contribution in [0.15, 0.2) is 0 Å². The van der Waals surface area contributed by atoms with Gasteiger partial charge in [-0.1, -0.05) is 324 Å². The second kappa shape index (κ2) is 65.4. The molecule has 0 bridgehead atoms. The molecule has 0 amide bonds. The van der Waals surface area contributed by atoms with E-state index in [1.807, 2.05) is 0 Å². The molecule has 0 aliphatic rings. The van der Waals surface area contributed by atoms with Crippen molar-refractivity contribution in [2.75, 3.05) is 39.6 Å². The highest BCUT2D eigenvalue weighted by Crippen LogP contribution is 2.45. The standard InChI is InChI=1S/C72H140O17P2/c1-6-9-12-15-18-20-22-23-24-25-26-29-34-38-43-48-53-58-72(77)89-68(62-83-70(75)56-51-46-41-36-33-30-27-28-32-35-40-44-49-54-65(4)5)64-87-91(80,81)85-60-66(73)59-84-90(78,79)86-63-67(61-82-69(74)55-50-45-39-17-14-11-8-3)88-71(76)57-52-47-42-37-31-21-19-16-13-10-7-2/h65-68,73H,6-64H2,1-5H3,(H,78,79)(H,80,81)/t66-,67+,68+/m0/s1. The second-order valence-corrected chi connectivity index (χ2v) is 29.4. The third-order valence-corrected chi connectivity index (χ3v) is 18.7. The van der Waals surface area contributed by atoms with E-state index in [1.165, 1.54) is 186 Å². The molecular formula is C72H140O17P2. The van der Waals surface area contributed by atoms with Crippen LogP contribution in [0.3, 0.4) is 0 Å². The Morgan fingerprint density at radius 1 is 0.297 bits per heavy atom. The third kappa shape index (κ3) is 66.5. The summed E-state index contributed by atoms with van der Waals surface area (Å²) in [5, 5.41) is 10.6. The van der Waals surface area contributed by atoms with Crippen molar-refractivity contribution in [2.24, 2.45) is 5.92 Å². The van der Waals surface area contributed by atoms with Gasteiger partial charge < -0.3 is 33.8 Å². The minimum atomic E-state index is -4.95. The molecule has 0 radical (unpaired) electrons. The number of hydrogen-bond donors (Lipinski definition) is 3. The maximum Gasteiger partial charge on any atom is 0.472 e. The van der Waals surface area contributed by atoms with Gasteiger partial charge in [-0.25, -0.2) is 9.13 Å². The summed E-state index contributed by atoms with van der Waals surface area (Å²) in [6.07, 6.45) is 52.8. The molecule has 3 N–H and O–H groups in total. The van der Waals surface area contributed by atoms with Crippen molar-refractivity contribution >= 4 is 39.5 Å². The van der Waals surface area contributed by atoms with E-state index in [4.69, 9.17) is 37.0 Å². The van der Waals surface area contributed by atoms with Crippen molar-refractivity contribution in [3.8, 4) is 0 Å². The minimum Gasteiger partial charge on any atom is -0.462 e.